The maximum atomic E-state index is 13.7. The number of sulfonamides is 1. The topological polar surface area (TPSA) is 180 Å². The Hall–Kier alpha value is -3.46. The molecule has 2 bridgehead atoms. The number of likely N-dealkylation sites (tertiary alicyclic amines) is 1. The standard InChI is InChI=1S/C27H24N4O7S3/c28-41(37,38)12-7-5-11(6-8-12)29-17(33)10-31-25(34)20-14-9-15(21(20)26(31)35)22-19(14)18(13-3-1-2-4-16(13)32)23-24(39-22)30-27(36)40-23/h1-8,14-15,18-22,32H,9-10H2,(H,29,33)(H,30,36)(H2,28,37,38). The summed E-state index contributed by atoms with van der Waals surface area (Å²) in [6, 6.07) is 12.3. The second-order valence-electron chi connectivity index (χ2n) is 10.9. The fourth-order valence-electron chi connectivity index (χ4n) is 7.41. The van der Waals surface area contributed by atoms with Crippen LogP contribution in [0.4, 0.5) is 5.69 Å². The van der Waals surface area contributed by atoms with Crippen LogP contribution in [0.15, 0.2) is 63.2 Å². The lowest BCUT2D eigenvalue weighted by atomic mass is 9.68. The van der Waals surface area contributed by atoms with Gasteiger partial charge >= 0.3 is 4.87 Å². The molecule has 3 fully saturated rings. The third-order valence-corrected chi connectivity index (χ3v) is 12.4. The van der Waals surface area contributed by atoms with Crippen molar-refractivity contribution in [1.82, 2.24) is 9.88 Å². The molecule has 11 nitrogen and oxygen atoms in total. The van der Waals surface area contributed by atoms with Crippen molar-refractivity contribution in [3.05, 3.63) is 68.6 Å². The van der Waals surface area contributed by atoms with Crippen LogP contribution in [0.5, 0.6) is 5.75 Å². The van der Waals surface area contributed by atoms with E-state index in [2.05, 4.69) is 10.3 Å². The van der Waals surface area contributed by atoms with Gasteiger partial charge in [-0.15, -0.1) is 11.8 Å². The van der Waals surface area contributed by atoms with E-state index < -0.39 is 34.3 Å². The molecular weight excluding hydrogens is 589 g/mol. The Bertz CT molecular complexity index is 1780. The van der Waals surface area contributed by atoms with E-state index in [9.17, 15) is 32.7 Å². The summed E-state index contributed by atoms with van der Waals surface area (Å²) >= 11 is 2.67. The molecule has 7 atom stereocenters. The minimum atomic E-state index is -3.89. The number of fused-ring (bicyclic) bond motifs is 9. The Labute approximate surface area is 242 Å². The van der Waals surface area contributed by atoms with E-state index in [1.165, 1.54) is 24.3 Å². The Morgan fingerprint density at radius 1 is 1.05 bits per heavy atom. The molecule has 3 heterocycles. The Morgan fingerprint density at radius 3 is 2.41 bits per heavy atom. The highest BCUT2D eigenvalue weighted by atomic mass is 32.2. The van der Waals surface area contributed by atoms with Gasteiger partial charge in [-0.05, 0) is 54.5 Å². The number of nitrogens with two attached hydrogens (primary N) is 1. The summed E-state index contributed by atoms with van der Waals surface area (Å²) in [4.78, 5) is 57.0. The van der Waals surface area contributed by atoms with Crippen LogP contribution in [0.1, 0.15) is 22.8 Å². The number of rotatable bonds is 5. The quantitative estimate of drug-likeness (QED) is 0.315. The third kappa shape index (κ3) is 4.07. The second-order valence-corrected chi connectivity index (χ2v) is 14.7. The number of carbonyl (C=O) groups excluding carboxylic acids is 3. The fraction of sp³-hybridized carbons (Fsp3) is 0.333. The molecule has 5 N–H and O–H groups in total. The van der Waals surface area contributed by atoms with Gasteiger partial charge in [0, 0.05) is 27.3 Å². The molecule has 3 amide bonds. The number of amides is 3. The minimum absolute atomic E-state index is 0.0357. The largest absolute Gasteiger partial charge is 0.508 e. The van der Waals surface area contributed by atoms with E-state index in [0.717, 1.165) is 26.1 Å². The van der Waals surface area contributed by atoms with E-state index in [0.29, 0.717) is 17.7 Å². The number of para-hydroxylation sites is 1. The van der Waals surface area contributed by atoms with Crippen molar-refractivity contribution in [1.29, 1.82) is 0 Å². The molecular formula is C27H24N4O7S3. The number of H-pyrrole nitrogens is 1. The molecule has 7 rings (SSSR count). The number of thioether (sulfide) groups is 1. The zero-order chi connectivity index (χ0) is 28.8. The van der Waals surface area contributed by atoms with Crippen LogP contribution >= 0.6 is 23.1 Å². The molecule has 0 radical (unpaired) electrons. The van der Waals surface area contributed by atoms with Crippen molar-refractivity contribution < 1.29 is 27.9 Å². The number of benzene rings is 2. The van der Waals surface area contributed by atoms with Gasteiger partial charge in [-0.2, -0.15) is 0 Å². The number of hydrogen-bond donors (Lipinski definition) is 4. The van der Waals surface area contributed by atoms with E-state index in [-0.39, 0.29) is 56.3 Å². The number of imide groups is 1. The van der Waals surface area contributed by atoms with E-state index in [1.807, 2.05) is 12.1 Å². The number of hydrogen-bond acceptors (Lipinski definition) is 9. The number of phenols is 1. The molecule has 41 heavy (non-hydrogen) atoms. The lowest BCUT2D eigenvalue weighted by Gasteiger charge is -2.43. The van der Waals surface area contributed by atoms with Crippen LogP contribution in [-0.4, -0.2) is 52.9 Å². The zero-order valence-electron chi connectivity index (χ0n) is 21.2. The summed E-state index contributed by atoms with van der Waals surface area (Å²) < 4.78 is 23.0. The predicted octanol–water partition coefficient (Wildman–Crippen LogP) is 1.90. The van der Waals surface area contributed by atoms with Crippen LogP contribution < -0.4 is 15.3 Å². The zero-order valence-corrected chi connectivity index (χ0v) is 23.7. The van der Waals surface area contributed by atoms with Gasteiger partial charge in [-0.25, -0.2) is 13.6 Å². The van der Waals surface area contributed by atoms with E-state index in [4.69, 9.17) is 5.14 Å². The molecule has 2 saturated carbocycles. The maximum absolute atomic E-state index is 13.7. The molecule has 1 aromatic heterocycles. The molecule has 2 aliphatic heterocycles. The van der Waals surface area contributed by atoms with Crippen LogP contribution in [0.25, 0.3) is 0 Å². The number of aromatic hydroxyl groups is 1. The SMILES string of the molecule is NS(=O)(=O)c1ccc(NC(=O)CN2C(=O)C3C4CC(C3C2=O)C2C(c3ccccc3O)c3sc(=O)[nH]c3SC42)cc1. The maximum Gasteiger partial charge on any atom is 0.305 e. The number of aromatic amines is 1. The lowest BCUT2D eigenvalue weighted by molar-refractivity contribution is -0.143. The van der Waals surface area contributed by atoms with Gasteiger partial charge in [0.1, 0.15) is 12.3 Å². The summed E-state index contributed by atoms with van der Waals surface area (Å²) in [5.74, 6) is -2.93. The molecule has 212 valence electrons. The number of aromatic nitrogens is 1. The number of thiazole rings is 1. The number of anilines is 1. The highest BCUT2D eigenvalue weighted by molar-refractivity contribution is 8.00. The summed E-state index contributed by atoms with van der Waals surface area (Å²) in [5.41, 5.74) is 1.000. The first-order chi connectivity index (χ1) is 19.5. The molecule has 2 aromatic carbocycles. The molecule has 1 saturated heterocycles. The van der Waals surface area contributed by atoms with Crippen LogP contribution in [-0.2, 0) is 24.4 Å². The van der Waals surface area contributed by atoms with Gasteiger partial charge in [0.05, 0.1) is 21.8 Å². The van der Waals surface area contributed by atoms with Gasteiger partial charge in [-0.1, -0.05) is 29.5 Å². The minimum Gasteiger partial charge on any atom is -0.508 e. The van der Waals surface area contributed by atoms with Crippen LogP contribution in [0.2, 0.25) is 0 Å². The highest BCUT2D eigenvalue weighted by Gasteiger charge is 2.69. The summed E-state index contributed by atoms with van der Waals surface area (Å²) in [5, 5.41) is 19.2. The summed E-state index contributed by atoms with van der Waals surface area (Å²) in [6.07, 6.45) is 0.689. The van der Waals surface area contributed by atoms with Crippen LogP contribution in [0.3, 0.4) is 0 Å². The first-order valence-corrected chi connectivity index (χ1v) is 16.2. The number of nitrogens with zero attached hydrogens (tertiary/aromatic N) is 1. The van der Waals surface area contributed by atoms with Crippen molar-refractivity contribution in [2.75, 3.05) is 11.9 Å². The average molecular weight is 613 g/mol. The Morgan fingerprint density at radius 2 is 1.73 bits per heavy atom. The summed E-state index contributed by atoms with van der Waals surface area (Å²) in [7, 11) is -3.89. The van der Waals surface area contributed by atoms with E-state index in [1.54, 1.807) is 23.9 Å². The molecule has 4 aliphatic rings. The third-order valence-electron chi connectivity index (χ3n) is 8.86. The van der Waals surface area contributed by atoms with Crippen molar-refractivity contribution in [3.8, 4) is 5.75 Å². The van der Waals surface area contributed by atoms with Crippen LogP contribution in [0, 0.1) is 29.6 Å². The van der Waals surface area contributed by atoms with Crippen molar-refractivity contribution in [3.63, 3.8) is 0 Å². The smallest absolute Gasteiger partial charge is 0.305 e. The molecule has 0 spiro atoms. The van der Waals surface area contributed by atoms with Crippen molar-refractivity contribution in [2.24, 2.45) is 34.7 Å². The Kier molecular flexibility index (Phi) is 5.98. The normalized spacial score (nSPS) is 29.8. The van der Waals surface area contributed by atoms with E-state index >= 15 is 0 Å². The Balaban J connectivity index is 1.15. The van der Waals surface area contributed by atoms with Crippen molar-refractivity contribution in [2.45, 2.75) is 27.5 Å². The number of nitrogens with one attached hydrogen (secondary N) is 2. The monoisotopic (exact) mass is 612 g/mol. The van der Waals surface area contributed by atoms with Gasteiger partial charge in [0.25, 0.3) is 0 Å². The van der Waals surface area contributed by atoms with Gasteiger partial charge in [0.2, 0.25) is 27.7 Å². The molecule has 14 heteroatoms. The lowest BCUT2D eigenvalue weighted by Crippen LogP contribution is -2.42. The van der Waals surface area contributed by atoms with Gasteiger partial charge in [0.15, 0.2) is 0 Å². The first kappa shape index (κ1) is 26.4. The number of carbonyl (C=O) groups is 3. The average Bonchev–Trinajstić information content (AvgIpc) is 3.65. The van der Waals surface area contributed by atoms with Crippen molar-refractivity contribution >= 4 is 56.5 Å². The molecule has 7 unspecified atom stereocenters. The van der Waals surface area contributed by atoms with Gasteiger partial charge in [-0.3, -0.25) is 24.1 Å². The van der Waals surface area contributed by atoms with Gasteiger partial charge < -0.3 is 15.4 Å². The number of primary sulfonamides is 1. The summed E-state index contributed by atoms with van der Waals surface area (Å²) in [6.45, 7) is -0.451. The predicted molar refractivity (Wildman–Crippen MR) is 150 cm³/mol. The second kappa shape index (κ2) is 9.28. The fourth-order valence-corrected chi connectivity index (χ4v) is 10.8. The molecule has 3 aromatic rings. The first-order valence-electron chi connectivity index (χ1n) is 13.0. The highest BCUT2D eigenvalue weighted by Crippen LogP contribution is 2.68. The number of phenolic OH excluding ortho intramolecular Hbond substituents is 1. The molecule has 2 aliphatic carbocycles.